The van der Waals surface area contributed by atoms with E-state index in [-0.39, 0.29) is 24.8 Å². The second-order valence-corrected chi connectivity index (χ2v) is 9.24. The third-order valence-corrected chi connectivity index (χ3v) is 6.07. The van der Waals surface area contributed by atoms with Gasteiger partial charge in [0.25, 0.3) is 0 Å². The Morgan fingerprint density at radius 3 is 2.23 bits per heavy atom. The van der Waals surface area contributed by atoms with E-state index in [1.54, 1.807) is 17.0 Å². The van der Waals surface area contributed by atoms with E-state index < -0.39 is 6.04 Å². The predicted octanol–water partition coefficient (Wildman–Crippen LogP) is 5.73. The van der Waals surface area contributed by atoms with Crippen LogP contribution in [0.2, 0.25) is 10.0 Å². The second kappa shape index (κ2) is 11.5. The van der Waals surface area contributed by atoms with Crippen molar-refractivity contribution in [2.24, 2.45) is 5.92 Å². The normalized spacial score (nSPS) is 12.0. The molecule has 0 bridgehead atoms. The summed E-state index contributed by atoms with van der Waals surface area (Å²) in [6, 6.07) is 10.8. The summed E-state index contributed by atoms with van der Waals surface area (Å²) in [4.78, 5) is 28.0. The number of rotatable bonds is 9. The number of hydrogen-bond donors (Lipinski definition) is 1. The number of carbonyl (C=O) groups is 2. The van der Waals surface area contributed by atoms with Gasteiger partial charge >= 0.3 is 0 Å². The lowest BCUT2D eigenvalue weighted by atomic mass is 10.0. The first-order chi connectivity index (χ1) is 14.6. The SMILES string of the molecule is CC[C@H](C(=O)NCC(C)C)N(Cc1ccc(Cl)c(Cl)c1)C(=O)Cc1ccc(C)c(C)c1. The van der Waals surface area contributed by atoms with Crippen molar-refractivity contribution in [1.29, 1.82) is 0 Å². The molecule has 0 saturated carbocycles. The molecule has 1 atom stereocenters. The Hall–Kier alpha value is -2.04. The number of aryl methyl sites for hydroxylation is 2. The summed E-state index contributed by atoms with van der Waals surface area (Å²) in [5, 5.41) is 3.86. The Kier molecular flexibility index (Phi) is 9.39. The van der Waals surface area contributed by atoms with Crippen molar-refractivity contribution in [3.8, 4) is 0 Å². The Labute approximate surface area is 195 Å². The highest BCUT2D eigenvalue weighted by Gasteiger charge is 2.28. The molecule has 0 aliphatic heterocycles. The van der Waals surface area contributed by atoms with Crippen LogP contribution >= 0.6 is 23.2 Å². The van der Waals surface area contributed by atoms with Crippen molar-refractivity contribution in [1.82, 2.24) is 10.2 Å². The first-order valence-corrected chi connectivity index (χ1v) is 11.4. The number of amides is 2. The van der Waals surface area contributed by atoms with E-state index in [2.05, 4.69) is 5.32 Å². The fourth-order valence-electron chi connectivity index (χ4n) is 3.37. The number of hydrogen-bond acceptors (Lipinski definition) is 2. The van der Waals surface area contributed by atoms with Gasteiger partial charge in [-0.2, -0.15) is 0 Å². The van der Waals surface area contributed by atoms with Gasteiger partial charge in [0.1, 0.15) is 6.04 Å². The van der Waals surface area contributed by atoms with Crippen LogP contribution in [0.1, 0.15) is 49.4 Å². The smallest absolute Gasteiger partial charge is 0.242 e. The van der Waals surface area contributed by atoms with Crippen molar-refractivity contribution >= 4 is 35.0 Å². The van der Waals surface area contributed by atoms with Crippen LogP contribution in [0.25, 0.3) is 0 Å². The van der Waals surface area contributed by atoms with Crippen LogP contribution in [0.15, 0.2) is 36.4 Å². The molecule has 2 amide bonds. The minimum absolute atomic E-state index is 0.0964. The standard InChI is InChI=1S/C25H32Cl2N2O2/c1-6-23(25(31)28-14-16(2)3)29(15-20-9-10-21(26)22(27)12-20)24(30)13-19-8-7-17(4)18(5)11-19/h7-12,16,23H,6,13-15H2,1-5H3,(H,28,31)/t23-/m1/s1. The molecule has 0 aliphatic carbocycles. The van der Waals surface area contributed by atoms with Crippen molar-refractivity contribution in [3.05, 3.63) is 68.7 Å². The zero-order valence-electron chi connectivity index (χ0n) is 19.0. The fourth-order valence-corrected chi connectivity index (χ4v) is 3.69. The molecule has 1 N–H and O–H groups in total. The number of benzene rings is 2. The Balaban J connectivity index is 2.31. The molecule has 2 rings (SSSR count). The van der Waals surface area contributed by atoms with Crippen LogP contribution in [-0.4, -0.2) is 29.3 Å². The first kappa shape index (κ1) is 25.2. The van der Waals surface area contributed by atoms with Gasteiger partial charge in [0, 0.05) is 13.1 Å². The second-order valence-electron chi connectivity index (χ2n) is 8.43. The van der Waals surface area contributed by atoms with E-state index in [1.165, 1.54) is 5.56 Å². The summed E-state index contributed by atoms with van der Waals surface area (Å²) >= 11 is 12.2. The lowest BCUT2D eigenvalue weighted by Gasteiger charge is -2.31. The number of carbonyl (C=O) groups excluding carboxylic acids is 2. The molecule has 0 heterocycles. The summed E-state index contributed by atoms with van der Waals surface area (Å²) < 4.78 is 0. The zero-order valence-corrected chi connectivity index (χ0v) is 20.5. The van der Waals surface area contributed by atoms with Crippen LogP contribution in [0.3, 0.4) is 0 Å². The molecular weight excluding hydrogens is 431 g/mol. The maximum Gasteiger partial charge on any atom is 0.242 e. The van der Waals surface area contributed by atoms with Gasteiger partial charge in [-0.15, -0.1) is 0 Å². The monoisotopic (exact) mass is 462 g/mol. The Morgan fingerprint density at radius 1 is 0.968 bits per heavy atom. The predicted molar refractivity (Wildman–Crippen MR) is 129 cm³/mol. The zero-order chi connectivity index (χ0) is 23.1. The van der Waals surface area contributed by atoms with Crippen LogP contribution in [0.5, 0.6) is 0 Å². The largest absolute Gasteiger partial charge is 0.354 e. The number of nitrogens with zero attached hydrogens (tertiary/aromatic N) is 1. The van der Waals surface area contributed by atoms with E-state index in [0.717, 1.165) is 16.7 Å². The molecule has 0 unspecified atom stereocenters. The Morgan fingerprint density at radius 2 is 1.65 bits per heavy atom. The fraction of sp³-hybridized carbons (Fsp3) is 0.440. The molecule has 0 radical (unpaired) electrons. The highest BCUT2D eigenvalue weighted by molar-refractivity contribution is 6.42. The van der Waals surface area contributed by atoms with Gasteiger partial charge in [0.2, 0.25) is 11.8 Å². The lowest BCUT2D eigenvalue weighted by molar-refractivity contribution is -0.141. The van der Waals surface area contributed by atoms with E-state index in [9.17, 15) is 9.59 Å². The average Bonchev–Trinajstić information content (AvgIpc) is 2.71. The molecule has 0 saturated heterocycles. The van der Waals surface area contributed by atoms with Gasteiger partial charge < -0.3 is 10.2 Å². The molecule has 2 aromatic rings. The number of nitrogens with one attached hydrogen (secondary N) is 1. The van der Waals surface area contributed by atoms with Gasteiger partial charge in [-0.1, -0.05) is 68.2 Å². The van der Waals surface area contributed by atoms with Gasteiger partial charge in [-0.05, 0) is 60.6 Å². The van der Waals surface area contributed by atoms with Crippen LogP contribution < -0.4 is 5.32 Å². The molecule has 2 aromatic carbocycles. The molecule has 31 heavy (non-hydrogen) atoms. The summed E-state index contributed by atoms with van der Waals surface area (Å²) in [7, 11) is 0. The quantitative estimate of drug-likeness (QED) is 0.516. The third-order valence-electron chi connectivity index (χ3n) is 5.33. The molecule has 4 nitrogen and oxygen atoms in total. The first-order valence-electron chi connectivity index (χ1n) is 10.7. The molecular formula is C25H32Cl2N2O2. The van der Waals surface area contributed by atoms with Crippen molar-refractivity contribution in [2.45, 2.75) is 60.0 Å². The van der Waals surface area contributed by atoms with Gasteiger partial charge in [-0.25, -0.2) is 0 Å². The molecule has 0 fully saturated rings. The highest BCUT2D eigenvalue weighted by Crippen LogP contribution is 2.24. The molecule has 168 valence electrons. The number of halogens is 2. The van der Waals surface area contributed by atoms with E-state index in [1.807, 2.05) is 58.9 Å². The molecule has 6 heteroatoms. The van der Waals surface area contributed by atoms with E-state index in [0.29, 0.717) is 28.9 Å². The third kappa shape index (κ3) is 7.26. The van der Waals surface area contributed by atoms with Crippen molar-refractivity contribution in [3.63, 3.8) is 0 Å². The average molecular weight is 463 g/mol. The van der Waals surface area contributed by atoms with Gasteiger partial charge in [0.15, 0.2) is 0 Å². The van der Waals surface area contributed by atoms with Gasteiger partial charge in [0.05, 0.1) is 16.5 Å². The van der Waals surface area contributed by atoms with Crippen molar-refractivity contribution < 1.29 is 9.59 Å². The summed E-state index contributed by atoms with van der Waals surface area (Å²) in [5.74, 6) is 0.0989. The highest BCUT2D eigenvalue weighted by atomic mass is 35.5. The maximum absolute atomic E-state index is 13.4. The van der Waals surface area contributed by atoms with Crippen LogP contribution in [0, 0.1) is 19.8 Å². The molecule has 0 aliphatic rings. The maximum atomic E-state index is 13.4. The molecule has 0 aromatic heterocycles. The summed E-state index contributed by atoms with van der Waals surface area (Å²) in [6.45, 7) is 10.9. The lowest BCUT2D eigenvalue weighted by Crippen LogP contribution is -2.50. The summed E-state index contributed by atoms with van der Waals surface area (Å²) in [5.41, 5.74) is 4.09. The topological polar surface area (TPSA) is 49.4 Å². The van der Waals surface area contributed by atoms with Gasteiger partial charge in [-0.3, -0.25) is 9.59 Å². The Bertz CT molecular complexity index is 928. The minimum atomic E-state index is -0.563. The van der Waals surface area contributed by atoms with E-state index >= 15 is 0 Å². The molecule has 0 spiro atoms. The minimum Gasteiger partial charge on any atom is -0.354 e. The van der Waals surface area contributed by atoms with Crippen LogP contribution in [0.4, 0.5) is 0 Å². The van der Waals surface area contributed by atoms with Crippen LogP contribution in [-0.2, 0) is 22.6 Å². The van der Waals surface area contributed by atoms with E-state index in [4.69, 9.17) is 23.2 Å². The van der Waals surface area contributed by atoms with Crippen molar-refractivity contribution in [2.75, 3.05) is 6.54 Å². The summed E-state index contributed by atoms with van der Waals surface area (Å²) in [6.07, 6.45) is 0.750.